The standard InChI is InChI=1S/C15H20N2O4/c1-3-21-14(19)15(20)6-8-17(9-7-15)13(18)12-5-4-11(2)16-10-12/h4-5,10,20H,3,6-9H2,1-2H3. The second-order valence-corrected chi connectivity index (χ2v) is 5.23. The van der Waals surface area contributed by atoms with Crippen molar-refractivity contribution in [2.45, 2.75) is 32.3 Å². The van der Waals surface area contributed by atoms with Crippen LogP contribution in [0.4, 0.5) is 0 Å². The number of pyridine rings is 1. The number of hydrogen-bond acceptors (Lipinski definition) is 5. The number of carbonyl (C=O) groups excluding carboxylic acids is 2. The van der Waals surface area contributed by atoms with E-state index in [4.69, 9.17) is 4.74 Å². The maximum Gasteiger partial charge on any atom is 0.338 e. The Morgan fingerprint density at radius 2 is 2.05 bits per heavy atom. The molecular formula is C15H20N2O4. The smallest absolute Gasteiger partial charge is 0.338 e. The van der Waals surface area contributed by atoms with Gasteiger partial charge in [0.1, 0.15) is 0 Å². The van der Waals surface area contributed by atoms with E-state index in [1.165, 1.54) is 0 Å². The molecule has 0 spiro atoms. The number of hydrogen-bond donors (Lipinski definition) is 1. The van der Waals surface area contributed by atoms with Crippen molar-refractivity contribution in [2.75, 3.05) is 19.7 Å². The molecule has 0 saturated carbocycles. The molecule has 1 saturated heterocycles. The van der Waals surface area contributed by atoms with Gasteiger partial charge < -0.3 is 14.7 Å². The molecule has 0 atom stereocenters. The SMILES string of the molecule is CCOC(=O)C1(O)CCN(C(=O)c2ccc(C)nc2)CC1. The Morgan fingerprint density at radius 1 is 1.38 bits per heavy atom. The number of aromatic nitrogens is 1. The van der Waals surface area contributed by atoms with Gasteiger partial charge in [-0.3, -0.25) is 9.78 Å². The van der Waals surface area contributed by atoms with E-state index in [1.54, 1.807) is 30.2 Å². The average Bonchev–Trinajstić information content (AvgIpc) is 2.48. The number of ether oxygens (including phenoxy) is 1. The van der Waals surface area contributed by atoms with Crippen LogP contribution < -0.4 is 0 Å². The lowest BCUT2D eigenvalue weighted by molar-refractivity contribution is -0.169. The van der Waals surface area contributed by atoms with Crippen molar-refractivity contribution < 1.29 is 19.4 Å². The van der Waals surface area contributed by atoms with Crippen molar-refractivity contribution in [1.29, 1.82) is 0 Å². The lowest BCUT2D eigenvalue weighted by Crippen LogP contribution is -2.51. The van der Waals surface area contributed by atoms with Crippen LogP contribution in [0.1, 0.15) is 35.8 Å². The van der Waals surface area contributed by atoms with Gasteiger partial charge in [0, 0.05) is 37.8 Å². The van der Waals surface area contributed by atoms with Crippen molar-refractivity contribution in [1.82, 2.24) is 9.88 Å². The largest absolute Gasteiger partial charge is 0.464 e. The maximum absolute atomic E-state index is 12.3. The molecule has 1 aromatic rings. The highest BCUT2D eigenvalue weighted by atomic mass is 16.5. The fourth-order valence-electron chi connectivity index (χ4n) is 2.33. The minimum absolute atomic E-state index is 0.131. The molecule has 1 fully saturated rings. The van der Waals surface area contributed by atoms with Gasteiger partial charge in [-0.2, -0.15) is 0 Å². The monoisotopic (exact) mass is 292 g/mol. The summed E-state index contributed by atoms with van der Waals surface area (Å²) < 4.78 is 4.88. The van der Waals surface area contributed by atoms with Gasteiger partial charge in [-0.1, -0.05) is 0 Å². The predicted molar refractivity (Wildman–Crippen MR) is 75.7 cm³/mol. The van der Waals surface area contributed by atoms with E-state index in [0.29, 0.717) is 18.7 Å². The van der Waals surface area contributed by atoms with E-state index in [1.807, 2.05) is 6.92 Å². The molecule has 2 rings (SSSR count). The summed E-state index contributed by atoms with van der Waals surface area (Å²) >= 11 is 0. The summed E-state index contributed by atoms with van der Waals surface area (Å²) in [6.07, 6.45) is 1.93. The van der Waals surface area contributed by atoms with Gasteiger partial charge in [0.05, 0.1) is 12.2 Å². The number of nitrogens with zero attached hydrogens (tertiary/aromatic N) is 2. The van der Waals surface area contributed by atoms with Crippen LogP contribution in [0.2, 0.25) is 0 Å². The highest BCUT2D eigenvalue weighted by Crippen LogP contribution is 2.24. The molecule has 0 bridgehead atoms. The molecule has 21 heavy (non-hydrogen) atoms. The summed E-state index contributed by atoms with van der Waals surface area (Å²) in [7, 11) is 0. The number of aryl methyl sites for hydroxylation is 1. The molecule has 0 radical (unpaired) electrons. The van der Waals surface area contributed by atoms with Crippen molar-refractivity contribution in [3.05, 3.63) is 29.6 Å². The third-order valence-electron chi connectivity index (χ3n) is 3.69. The Balaban J connectivity index is 1.99. The Bertz CT molecular complexity index is 519. The van der Waals surface area contributed by atoms with Crippen LogP contribution in [0.3, 0.4) is 0 Å². The van der Waals surface area contributed by atoms with Crippen LogP contribution in [0.25, 0.3) is 0 Å². The van der Waals surface area contributed by atoms with E-state index in [9.17, 15) is 14.7 Å². The number of rotatable bonds is 3. The Hall–Kier alpha value is -1.95. The number of carbonyl (C=O) groups is 2. The third kappa shape index (κ3) is 3.39. The lowest BCUT2D eigenvalue weighted by Gasteiger charge is -2.36. The molecule has 6 nitrogen and oxygen atoms in total. The molecular weight excluding hydrogens is 272 g/mol. The van der Waals surface area contributed by atoms with E-state index in [2.05, 4.69) is 4.98 Å². The molecule has 0 unspecified atom stereocenters. The number of aliphatic hydroxyl groups is 1. The molecule has 1 aliphatic heterocycles. The summed E-state index contributed by atoms with van der Waals surface area (Å²) in [5, 5.41) is 10.3. The van der Waals surface area contributed by atoms with Gasteiger partial charge in [-0.15, -0.1) is 0 Å². The summed E-state index contributed by atoms with van der Waals surface area (Å²) in [6.45, 7) is 4.43. The summed E-state index contributed by atoms with van der Waals surface area (Å²) in [6, 6.07) is 3.52. The summed E-state index contributed by atoms with van der Waals surface area (Å²) in [4.78, 5) is 29.8. The Labute approximate surface area is 123 Å². The first-order chi connectivity index (χ1) is 9.96. The van der Waals surface area contributed by atoms with Gasteiger partial charge in [0.25, 0.3) is 5.91 Å². The minimum atomic E-state index is -1.47. The number of likely N-dealkylation sites (tertiary alicyclic amines) is 1. The molecule has 0 aromatic carbocycles. The fraction of sp³-hybridized carbons (Fsp3) is 0.533. The highest BCUT2D eigenvalue weighted by molar-refractivity contribution is 5.94. The van der Waals surface area contributed by atoms with E-state index < -0.39 is 11.6 Å². The number of esters is 1. The van der Waals surface area contributed by atoms with Crippen LogP contribution >= 0.6 is 0 Å². The minimum Gasteiger partial charge on any atom is -0.464 e. The van der Waals surface area contributed by atoms with Gasteiger partial charge in [-0.05, 0) is 26.0 Å². The van der Waals surface area contributed by atoms with Crippen molar-refractivity contribution in [3.8, 4) is 0 Å². The Kier molecular flexibility index (Phi) is 4.57. The van der Waals surface area contributed by atoms with Gasteiger partial charge >= 0.3 is 5.97 Å². The fourth-order valence-corrected chi connectivity index (χ4v) is 2.33. The van der Waals surface area contributed by atoms with E-state index >= 15 is 0 Å². The zero-order chi connectivity index (χ0) is 15.5. The quantitative estimate of drug-likeness (QED) is 0.838. The van der Waals surface area contributed by atoms with E-state index in [0.717, 1.165) is 5.69 Å². The molecule has 1 aromatic heterocycles. The number of amides is 1. The molecule has 1 amide bonds. The van der Waals surface area contributed by atoms with Gasteiger partial charge in [0.15, 0.2) is 5.60 Å². The number of piperidine rings is 1. The van der Waals surface area contributed by atoms with Crippen molar-refractivity contribution in [3.63, 3.8) is 0 Å². The second kappa shape index (κ2) is 6.22. The normalized spacial score (nSPS) is 17.4. The first-order valence-electron chi connectivity index (χ1n) is 7.08. The van der Waals surface area contributed by atoms with Crippen molar-refractivity contribution >= 4 is 11.9 Å². The van der Waals surface area contributed by atoms with Crippen LogP contribution in [0.5, 0.6) is 0 Å². The zero-order valence-corrected chi connectivity index (χ0v) is 12.3. The molecule has 1 aliphatic rings. The third-order valence-corrected chi connectivity index (χ3v) is 3.69. The maximum atomic E-state index is 12.3. The van der Waals surface area contributed by atoms with Crippen LogP contribution in [0.15, 0.2) is 18.3 Å². The molecule has 6 heteroatoms. The van der Waals surface area contributed by atoms with Crippen molar-refractivity contribution in [2.24, 2.45) is 0 Å². The lowest BCUT2D eigenvalue weighted by atomic mass is 9.91. The van der Waals surface area contributed by atoms with Crippen LogP contribution in [-0.2, 0) is 9.53 Å². The molecule has 1 N–H and O–H groups in total. The second-order valence-electron chi connectivity index (χ2n) is 5.23. The first kappa shape index (κ1) is 15.4. The van der Waals surface area contributed by atoms with Gasteiger partial charge in [-0.25, -0.2) is 4.79 Å². The first-order valence-corrected chi connectivity index (χ1v) is 7.08. The summed E-state index contributed by atoms with van der Waals surface area (Å²) in [5.41, 5.74) is -0.109. The van der Waals surface area contributed by atoms with Crippen LogP contribution in [-0.4, -0.2) is 52.2 Å². The average molecular weight is 292 g/mol. The molecule has 0 aliphatic carbocycles. The predicted octanol–water partition coefficient (Wildman–Crippen LogP) is 0.920. The topological polar surface area (TPSA) is 79.7 Å². The van der Waals surface area contributed by atoms with Crippen LogP contribution in [0, 0.1) is 6.92 Å². The van der Waals surface area contributed by atoms with E-state index in [-0.39, 0.29) is 25.4 Å². The van der Waals surface area contributed by atoms with Gasteiger partial charge in [0.2, 0.25) is 0 Å². The zero-order valence-electron chi connectivity index (χ0n) is 12.3. The summed E-state index contributed by atoms with van der Waals surface area (Å²) in [5.74, 6) is -0.734. The molecule has 2 heterocycles. The Morgan fingerprint density at radius 3 is 2.57 bits per heavy atom. The molecule has 114 valence electrons. The highest BCUT2D eigenvalue weighted by Gasteiger charge is 2.41.